The lowest BCUT2D eigenvalue weighted by Gasteiger charge is -2.30. The summed E-state index contributed by atoms with van der Waals surface area (Å²) in [7, 11) is 0. The number of nitrogens with one attached hydrogen (secondary N) is 1. The fourth-order valence-electron chi connectivity index (χ4n) is 2.16. The first-order valence-corrected chi connectivity index (χ1v) is 6.97. The lowest BCUT2D eigenvalue weighted by molar-refractivity contribution is -0.140. The average molecular weight is 271 g/mol. The van der Waals surface area contributed by atoms with Gasteiger partial charge in [-0.25, -0.2) is 0 Å². The first-order valence-electron chi connectivity index (χ1n) is 6.97. The standard InChI is InChI=1S/C13H25N3O3/c1-3-4-11(9-14)12(17)15-10(2)13(18)16-5-7-19-8-6-16/h10-11H,3-9,14H2,1-2H3,(H,15,17). The van der Waals surface area contributed by atoms with Crippen LogP contribution >= 0.6 is 0 Å². The van der Waals surface area contributed by atoms with Crippen molar-refractivity contribution < 1.29 is 14.3 Å². The largest absolute Gasteiger partial charge is 0.378 e. The van der Waals surface area contributed by atoms with Gasteiger partial charge >= 0.3 is 0 Å². The number of ether oxygens (including phenoxy) is 1. The molecule has 0 aromatic carbocycles. The fourth-order valence-corrected chi connectivity index (χ4v) is 2.16. The maximum absolute atomic E-state index is 12.1. The molecule has 1 rings (SSSR count). The lowest BCUT2D eigenvalue weighted by Crippen LogP contribution is -2.52. The molecule has 110 valence electrons. The van der Waals surface area contributed by atoms with Crippen LogP contribution in [0.15, 0.2) is 0 Å². The van der Waals surface area contributed by atoms with E-state index in [0.717, 1.165) is 12.8 Å². The van der Waals surface area contributed by atoms with Crippen molar-refractivity contribution in [3.63, 3.8) is 0 Å². The molecule has 0 spiro atoms. The molecule has 2 atom stereocenters. The molecular formula is C13H25N3O3. The predicted octanol–water partition coefficient (Wildman–Crippen LogP) is -0.275. The molecule has 6 heteroatoms. The highest BCUT2D eigenvalue weighted by atomic mass is 16.5. The van der Waals surface area contributed by atoms with Crippen LogP contribution in [0.1, 0.15) is 26.7 Å². The Hall–Kier alpha value is -1.14. The van der Waals surface area contributed by atoms with Gasteiger partial charge in [0.15, 0.2) is 0 Å². The Morgan fingerprint density at radius 2 is 2.00 bits per heavy atom. The van der Waals surface area contributed by atoms with Crippen LogP contribution in [-0.4, -0.2) is 55.6 Å². The number of nitrogens with two attached hydrogens (primary N) is 1. The second-order valence-electron chi connectivity index (χ2n) is 4.89. The van der Waals surface area contributed by atoms with Gasteiger partial charge < -0.3 is 20.7 Å². The third kappa shape index (κ3) is 4.80. The molecule has 2 unspecified atom stereocenters. The van der Waals surface area contributed by atoms with Crippen LogP contribution in [0.3, 0.4) is 0 Å². The molecule has 1 heterocycles. The third-order valence-corrected chi connectivity index (χ3v) is 3.34. The molecule has 0 aromatic rings. The topological polar surface area (TPSA) is 84.7 Å². The number of amides is 2. The van der Waals surface area contributed by atoms with E-state index in [1.54, 1.807) is 11.8 Å². The van der Waals surface area contributed by atoms with Gasteiger partial charge in [0.1, 0.15) is 6.04 Å². The number of hydrogen-bond acceptors (Lipinski definition) is 4. The molecule has 0 radical (unpaired) electrons. The molecule has 1 saturated heterocycles. The van der Waals surface area contributed by atoms with Gasteiger partial charge in [-0.2, -0.15) is 0 Å². The van der Waals surface area contributed by atoms with E-state index < -0.39 is 6.04 Å². The Balaban J connectivity index is 2.45. The van der Waals surface area contributed by atoms with Crippen LogP contribution in [0.4, 0.5) is 0 Å². The van der Waals surface area contributed by atoms with Crippen molar-refractivity contribution in [2.24, 2.45) is 11.7 Å². The Bertz CT molecular complexity index is 304. The summed E-state index contributed by atoms with van der Waals surface area (Å²) >= 11 is 0. The first kappa shape index (κ1) is 15.9. The Kier molecular flexibility index (Phi) is 6.80. The van der Waals surface area contributed by atoms with Gasteiger partial charge in [-0.3, -0.25) is 9.59 Å². The molecule has 3 N–H and O–H groups in total. The molecule has 0 bridgehead atoms. The van der Waals surface area contributed by atoms with Crippen LogP contribution in [-0.2, 0) is 14.3 Å². The summed E-state index contributed by atoms with van der Waals surface area (Å²) in [6.45, 7) is 6.36. The molecular weight excluding hydrogens is 246 g/mol. The summed E-state index contributed by atoms with van der Waals surface area (Å²) < 4.78 is 5.20. The Morgan fingerprint density at radius 1 is 1.37 bits per heavy atom. The minimum Gasteiger partial charge on any atom is -0.378 e. The zero-order valence-corrected chi connectivity index (χ0v) is 11.9. The maximum Gasteiger partial charge on any atom is 0.245 e. The highest BCUT2D eigenvalue weighted by Crippen LogP contribution is 2.06. The van der Waals surface area contributed by atoms with Crippen LogP contribution in [0.5, 0.6) is 0 Å². The van der Waals surface area contributed by atoms with E-state index in [2.05, 4.69) is 5.32 Å². The monoisotopic (exact) mass is 271 g/mol. The number of nitrogens with zero attached hydrogens (tertiary/aromatic N) is 1. The SMILES string of the molecule is CCCC(CN)C(=O)NC(C)C(=O)N1CCOCC1. The van der Waals surface area contributed by atoms with Gasteiger partial charge in [0.2, 0.25) is 11.8 Å². The fraction of sp³-hybridized carbons (Fsp3) is 0.846. The molecule has 0 aromatic heterocycles. The maximum atomic E-state index is 12.1. The van der Waals surface area contributed by atoms with E-state index in [-0.39, 0.29) is 17.7 Å². The zero-order chi connectivity index (χ0) is 14.3. The van der Waals surface area contributed by atoms with E-state index in [4.69, 9.17) is 10.5 Å². The quantitative estimate of drug-likeness (QED) is 0.696. The van der Waals surface area contributed by atoms with Crippen LogP contribution in [0.2, 0.25) is 0 Å². The summed E-state index contributed by atoms with van der Waals surface area (Å²) in [5.41, 5.74) is 5.58. The van der Waals surface area contributed by atoms with Gasteiger partial charge in [-0.05, 0) is 13.3 Å². The van der Waals surface area contributed by atoms with Gasteiger partial charge in [0.05, 0.1) is 19.1 Å². The highest BCUT2D eigenvalue weighted by Gasteiger charge is 2.25. The van der Waals surface area contributed by atoms with Crippen molar-refractivity contribution in [3.8, 4) is 0 Å². The number of rotatable bonds is 6. The molecule has 6 nitrogen and oxygen atoms in total. The molecule has 1 aliphatic heterocycles. The normalized spacial score (nSPS) is 18.8. The third-order valence-electron chi connectivity index (χ3n) is 3.34. The molecule has 1 fully saturated rings. The van der Waals surface area contributed by atoms with Crippen molar-refractivity contribution in [2.75, 3.05) is 32.8 Å². The highest BCUT2D eigenvalue weighted by molar-refractivity contribution is 5.88. The van der Waals surface area contributed by atoms with Crippen molar-refractivity contribution in [2.45, 2.75) is 32.7 Å². The smallest absolute Gasteiger partial charge is 0.245 e. The van der Waals surface area contributed by atoms with Crippen LogP contribution in [0, 0.1) is 5.92 Å². The van der Waals surface area contributed by atoms with Crippen LogP contribution < -0.4 is 11.1 Å². The van der Waals surface area contributed by atoms with Crippen molar-refractivity contribution >= 4 is 11.8 Å². The van der Waals surface area contributed by atoms with E-state index >= 15 is 0 Å². The summed E-state index contributed by atoms with van der Waals surface area (Å²) in [5.74, 6) is -0.382. The summed E-state index contributed by atoms with van der Waals surface area (Å²) in [4.78, 5) is 25.8. The summed E-state index contributed by atoms with van der Waals surface area (Å²) in [5, 5.41) is 2.76. The predicted molar refractivity (Wildman–Crippen MR) is 72.5 cm³/mol. The second-order valence-corrected chi connectivity index (χ2v) is 4.89. The molecule has 0 aliphatic carbocycles. The van der Waals surface area contributed by atoms with Crippen LogP contribution in [0.25, 0.3) is 0 Å². The minimum absolute atomic E-state index is 0.0519. The van der Waals surface area contributed by atoms with E-state index in [9.17, 15) is 9.59 Å². The van der Waals surface area contributed by atoms with E-state index in [1.165, 1.54) is 0 Å². The van der Waals surface area contributed by atoms with Gasteiger partial charge in [0.25, 0.3) is 0 Å². The van der Waals surface area contributed by atoms with Crippen molar-refractivity contribution in [1.82, 2.24) is 10.2 Å². The number of hydrogen-bond donors (Lipinski definition) is 2. The number of carbonyl (C=O) groups excluding carboxylic acids is 2. The van der Waals surface area contributed by atoms with Crippen molar-refractivity contribution in [3.05, 3.63) is 0 Å². The average Bonchev–Trinajstić information content (AvgIpc) is 2.44. The molecule has 0 saturated carbocycles. The Labute approximate surface area is 114 Å². The first-order chi connectivity index (χ1) is 9.10. The zero-order valence-electron chi connectivity index (χ0n) is 11.9. The van der Waals surface area contributed by atoms with Gasteiger partial charge in [-0.1, -0.05) is 13.3 Å². The molecule has 19 heavy (non-hydrogen) atoms. The van der Waals surface area contributed by atoms with Gasteiger partial charge in [0, 0.05) is 19.6 Å². The summed E-state index contributed by atoms with van der Waals surface area (Å²) in [6.07, 6.45) is 1.65. The molecule has 2 amide bonds. The van der Waals surface area contributed by atoms with Gasteiger partial charge in [-0.15, -0.1) is 0 Å². The molecule has 1 aliphatic rings. The van der Waals surface area contributed by atoms with E-state index in [0.29, 0.717) is 32.8 Å². The van der Waals surface area contributed by atoms with Crippen molar-refractivity contribution in [1.29, 1.82) is 0 Å². The minimum atomic E-state index is -0.503. The lowest BCUT2D eigenvalue weighted by atomic mass is 10.0. The van der Waals surface area contributed by atoms with E-state index in [1.807, 2.05) is 6.92 Å². The second kappa shape index (κ2) is 8.12. The Morgan fingerprint density at radius 3 is 2.53 bits per heavy atom. The number of morpholine rings is 1. The summed E-state index contributed by atoms with van der Waals surface area (Å²) in [6, 6.07) is -0.503. The number of carbonyl (C=O) groups is 2.